The molecule has 0 radical (unpaired) electrons. The van der Waals surface area contributed by atoms with Crippen LogP contribution in [0.5, 0.6) is 0 Å². The first-order valence-electron chi connectivity index (χ1n) is 8.90. The summed E-state index contributed by atoms with van der Waals surface area (Å²) in [7, 11) is 0. The Hall–Kier alpha value is -1.13. The standard InChI is InChI=1S/C19H36N2O2/c1-4-7-8-9-12-15(10-5-2)13-17(20)18(22)14-16(11-6-3)19(21)23/h5-6,15-18,22H,2-4,7-14,20H2,1H3,(H2,21,23). The van der Waals surface area contributed by atoms with Crippen molar-refractivity contribution < 1.29 is 9.90 Å². The van der Waals surface area contributed by atoms with Gasteiger partial charge in [-0.3, -0.25) is 4.79 Å². The molecule has 0 heterocycles. The monoisotopic (exact) mass is 324 g/mol. The van der Waals surface area contributed by atoms with Crippen molar-refractivity contribution in [2.45, 2.75) is 76.9 Å². The lowest BCUT2D eigenvalue weighted by Gasteiger charge is -2.26. The average molecular weight is 325 g/mol. The fraction of sp³-hybridized carbons (Fsp3) is 0.737. The summed E-state index contributed by atoms with van der Waals surface area (Å²) in [5.41, 5.74) is 11.5. The highest BCUT2D eigenvalue weighted by molar-refractivity contribution is 5.76. The Morgan fingerprint density at radius 3 is 2.30 bits per heavy atom. The van der Waals surface area contributed by atoms with Crippen molar-refractivity contribution in [3.05, 3.63) is 25.3 Å². The van der Waals surface area contributed by atoms with E-state index in [0.29, 0.717) is 18.8 Å². The summed E-state index contributed by atoms with van der Waals surface area (Å²) >= 11 is 0. The molecule has 0 aliphatic rings. The Morgan fingerprint density at radius 2 is 1.78 bits per heavy atom. The minimum atomic E-state index is -0.713. The predicted molar refractivity (Wildman–Crippen MR) is 97.8 cm³/mol. The molecule has 4 heteroatoms. The maximum Gasteiger partial charge on any atom is 0.220 e. The van der Waals surface area contributed by atoms with E-state index >= 15 is 0 Å². The molecule has 134 valence electrons. The van der Waals surface area contributed by atoms with E-state index in [1.54, 1.807) is 6.08 Å². The van der Waals surface area contributed by atoms with Gasteiger partial charge in [-0.05, 0) is 31.6 Å². The molecule has 5 N–H and O–H groups in total. The van der Waals surface area contributed by atoms with Crippen LogP contribution in [-0.4, -0.2) is 23.2 Å². The lowest BCUT2D eigenvalue weighted by atomic mass is 9.86. The smallest absolute Gasteiger partial charge is 0.220 e. The molecule has 0 aromatic carbocycles. The molecule has 0 spiro atoms. The summed E-state index contributed by atoms with van der Waals surface area (Å²) in [6.07, 6.45) is 11.3. The molecular weight excluding hydrogens is 288 g/mol. The Bertz CT molecular complexity index is 344. The van der Waals surface area contributed by atoms with Gasteiger partial charge >= 0.3 is 0 Å². The molecule has 0 rings (SSSR count). The van der Waals surface area contributed by atoms with Crippen molar-refractivity contribution >= 4 is 5.91 Å². The van der Waals surface area contributed by atoms with E-state index in [-0.39, 0.29) is 6.04 Å². The largest absolute Gasteiger partial charge is 0.391 e. The lowest BCUT2D eigenvalue weighted by Crippen LogP contribution is -2.39. The first-order chi connectivity index (χ1) is 11.0. The third kappa shape index (κ3) is 10.3. The van der Waals surface area contributed by atoms with Gasteiger partial charge in [0.15, 0.2) is 0 Å². The number of nitrogens with two attached hydrogens (primary N) is 2. The Morgan fingerprint density at radius 1 is 1.13 bits per heavy atom. The summed E-state index contributed by atoms with van der Waals surface area (Å²) in [6.45, 7) is 9.64. The van der Waals surface area contributed by atoms with E-state index in [0.717, 1.165) is 19.3 Å². The van der Waals surface area contributed by atoms with Gasteiger partial charge < -0.3 is 16.6 Å². The van der Waals surface area contributed by atoms with Gasteiger partial charge in [-0.25, -0.2) is 0 Å². The number of primary amides is 1. The second kappa shape index (κ2) is 13.3. The molecular formula is C19H36N2O2. The third-order valence-electron chi connectivity index (χ3n) is 4.45. The van der Waals surface area contributed by atoms with Crippen LogP contribution in [-0.2, 0) is 4.79 Å². The van der Waals surface area contributed by atoms with E-state index in [1.165, 1.54) is 25.7 Å². The average Bonchev–Trinajstić information content (AvgIpc) is 2.50. The lowest BCUT2D eigenvalue weighted by molar-refractivity contribution is -0.122. The predicted octanol–water partition coefficient (Wildman–Crippen LogP) is 3.30. The van der Waals surface area contributed by atoms with Gasteiger partial charge in [0.2, 0.25) is 5.91 Å². The molecule has 1 amide bonds. The highest BCUT2D eigenvalue weighted by Gasteiger charge is 2.24. The number of aliphatic hydroxyl groups excluding tert-OH is 1. The molecule has 0 bridgehead atoms. The maximum atomic E-state index is 11.4. The van der Waals surface area contributed by atoms with Gasteiger partial charge in [-0.2, -0.15) is 0 Å². The number of allylic oxidation sites excluding steroid dienone is 2. The number of unbranched alkanes of at least 4 members (excludes halogenated alkanes) is 3. The summed E-state index contributed by atoms with van der Waals surface area (Å²) < 4.78 is 0. The Kier molecular flexibility index (Phi) is 12.7. The number of carbonyl (C=O) groups excluding carboxylic acids is 1. The van der Waals surface area contributed by atoms with E-state index < -0.39 is 17.9 Å². The number of hydrogen-bond acceptors (Lipinski definition) is 3. The number of aliphatic hydroxyl groups is 1. The zero-order valence-corrected chi connectivity index (χ0v) is 14.8. The van der Waals surface area contributed by atoms with Crippen molar-refractivity contribution in [3.8, 4) is 0 Å². The van der Waals surface area contributed by atoms with Gasteiger partial charge in [0.25, 0.3) is 0 Å². The van der Waals surface area contributed by atoms with Crippen LogP contribution < -0.4 is 11.5 Å². The van der Waals surface area contributed by atoms with Crippen LogP contribution in [0.2, 0.25) is 0 Å². The Balaban J connectivity index is 4.40. The molecule has 4 atom stereocenters. The van der Waals surface area contributed by atoms with Gasteiger partial charge in [-0.15, -0.1) is 13.2 Å². The first kappa shape index (κ1) is 21.9. The number of amides is 1. The molecule has 0 saturated heterocycles. The number of carbonyl (C=O) groups is 1. The zero-order valence-electron chi connectivity index (χ0n) is 14.8. The zero-order chi connectivity index (χ0) is 17.7. The molecule has 0 aromatic heterocycles. The van der Waals surface area contributed by atoms with Crippen LogP contribution in [0.15, 0.2) is 25.3 Å². The van der Waals surface area contributed by atoms with E-state index in [1.807, 2.05) is 6.08 Å². The van der Waals surface area contributed by atoms with Gasteiger partial charge in [-0.1, -0.05) is 51.2 Å². The topological polar surface area (TPSA) is 89.3 Å². The van der Waals surface area contributed by atoms with E-state index in [4.69, 9.17) is 11.5 Å². The van der Waals surface area contributed by atoms with Crippen molar-refractivity contribution in [2.75, 3.05) is 0 Å². The Labute approximate surface area is 142 Å². The molecule has 0 saturated carbocycles. The molecule has 4 unspecified atom stereocenters. The van der Waals surface area contributed by atoms with Crippen molar-refractivity contribution in [1.82, 2.24) is 0 Å². The SMILES string of the molecule is C=CCC(CCCCCC)CC(N)C(O)CC(CC=C)C(N)=O. The van der Waals surface area contributed by atoms with Gasteiger partial charge in [0, 0.05) is 12.0 Å². The van der Waals surface area contributed by atoms with Gasteiger partial charge in [0.1, 0.15) is 0 Å². The molecule has 0 aromatic rings. The number of rotatable bonds is 15. The fourth-order valence-corrected chi connectivity index (χ4v) is 2.97. The van der Waals surface area contributed by atoms with Crippen LogP contribution in [0.4, 0.5) is 0 Å². The molecule has 23 heavy (non-hydrogen) atoms. The van der Waals surface area contributed by atoms with Crippen LogP contribution in [0.3, 0.4) is 0 Å². The molecule has 0 aliphatic carbocycles. The van der Waals surface area contributed by atoms with Crippen LogP contribution >= 0.6 is 0 Å². The quantitative estimate of drug-likeness (QED) is 0.319. The van der Waals surface area contributed by atoms with Crippen LogP contribution in [0.25, 0.3) is 0 Å². The second-order valence-electron chi connectivity index (χ2n) is 6.57. The van der Waals surface area contributed by atoms with Crippen LogP contribution in [0, 0.1) is 11.8 Å². The summed E-state index contributed by atoms with van der Waals surface area (Å²) in [5, 5.41) is 10.3. The maximum absolute atomic E-state index is 11.4. The second-order valence-corrected chi connectivity index (χ2v) is 6.57. The number of hydrogen-bond donors (Lipinski definition) is 3. The minimum Gasteiger partial charge on any atom is -0.391 e. The molecule has 0 aliphatic heterocycles. The van der Waals surface area contributed by atoms with Crippen molar-refractivity contribution in [3.63, 3.8) is 0 Å². The molecule has 4 nitrogen and oxygen atoms in total. The highest BCUT2D eigenvalue weighted by atomic mass is 16.3. The van der Waals surface area contributed by atoms with E-state index in [2.05, 4.69) is 20.1 Å². The van der Waals surface area contributed by atoms with Gasteiger partial charge in [0.05, 0.1) is 6.10 Å². The molecule has 0 fully saturated rings. The van der Waals surface area contributed by atoms with Crippen LogP contribution in [0.1, 0.15) is 64.7 Å². The summed E-state index contributed by atoms with van der Waals surface area (Å²) in [5.74, 6) is -0.352. The normalized spacial score (nSPS) is 16.3. The minimum absolute atomic E-state index is 0.305. The highest BCUT2D eigenvalue weighted by Crippen LogP contribution is 2.23. The van der Waals surface area contributed by atoms with Crippen molar-refractivity contribution in [2.24, 2.45) is 23.3 Å². The fourth-order valence-electron chi connectivity index (χ4n) is 2.97. The first-order valence-corrected chi connectivity index (χ1v) is 8.90. The van der Waals surface area contributed by atoms with Crippen molar-refractivity contribution in [1.29, 1.82) is 0 Å². The summed E-state index contributed by atoms with van der Waals surface area (Å²) in [4.78, 5) is 11.4. The third-order valence-corrected chi connectivity index (χ3v) is 4.45. The van der Waals surface area contributed by atoms with E-state index in [9.17, 15) is 9.90 Å². The summed E-state index contributed by atoms with van der Waals surface area (Å²) in [6, 6.07) is -0.335.